The fraction of sp³-hybridized carbons (Fsp3) is 0.900. The highest BCUT2D eigenvalue weighted by Gasteiger charge is 2.75. The molecule has 0 aromatic rings. The molecule has 4 nitrogen and oxygen atoms in total. The van der Waals surface area contributed by atoms with Crippen LogP contribution in [0.5, 0.6) is 0 Å². The molecule has 4 bridgehead atoms. The van der Waals surface area contributed by atoms with Gasteiger partial charge in [0.25, 0.3) is 0 Å². The van der Waals surface area contributed by atoms with Crippen LogP contribution in [0.3, 0.4) is 0 Å². The van der Waals surface area contributed by atoms with E-state index in [-0.39, 0.29) is 22.3 Å². The van der Waals surface area contributed by atoms with Gasteiger partial charge in [-0.2, -0.15) is 4.21 Å². The monoisotopic (exact) mass is 364 g/mol. The van der Waals surface area contributed by atoms with E-state index >= 15 is 0 Å². The number of hydrogen-bond donors (Lipinski definition) is 1. The van der Waals surface area contributed by atoms with E-state index < -0.39 is 11.4 Å². The number of hydrogen-bond acceptors (Lipinski definition) is 4. The maximum Gasteiger partial charge on any atom is 0.304 e. The van der Waals surface area contributed by atoms with E-state index in [1.807, 2.05) is 0 Å². The van der Waals surface area contributed by atoms with Gasteiger partial charge in [0.05, 0.1) is 19.3 Å². The van der Waals surface area contributed by atoms with E-state index in [1.54, 1.807) is 0 Å². The van der Waals surface area contributed by atoms with Gasteiger partial charge in [0, 0.05) is 16.2 Å². The van der Waals surface area contributed by atoms with Crippen LogP contribution < -0.4 is 0 Å². The van der Waals surface area contributed by atoms with E-state index in [2.05, 4.69) is 6.58 Å². The minimum Gasteiger partial charge on any atom is -0.393 e. The first-order valence-electron chi connectivity index (χ1n) is 10.0. The van der Waals surface area contributed by atoms with Crippen LogP contribution in [0.2, 0.25) is 0 Å². The van der Waals surface area contributed by atoms with Crippen molar-refractivity contribution in [2.75, 3.05) is 13.2 Å². The zero-order valence-electron chi connectivity index (χ0n) is 14.7. The molecule has 25 heavy (non-hydrogen) atoms. The Morgan fingerprint density at radius 1 is 1.04 bits per heavy atom. The van der Waals surface area contributed by atoms with Gasteiger partial charge in [-0.3, -0.25) is 8.37 Å². The summed E-state index contributed by atoms with van der Waals surface area (Å²) in [5.74, 6) is 2.28. The Kier molecular flexibility index (Phi) is 3.02. The highest BCUT2D eigenvalue weighted by Crippen LogP contribution is 2.78. The molecular formula is C20H28O4S. The Hall–Kier alpha value is -0.230. The molecule has 7 aliphatic rings. The Bertz CT molecular complexity index is 679. The second kappa shape index (κ2) is 4.78. The summed E-state index contributed by atoms with van der Waals surface area (Å²) in [5.41, 5.74) is 1.61. The van der Waals surface area contributed by atoms with Crippen molar-refractivity contribution in [3.63, 3.8) is 0 Å². The van der Waals surface area contributed by atoms with Gasteiger partial charge in [0.15, 0.2) is 0 Å². The number of fused-ring (bicyclic) bond motifs is 2. The number of rotatable bonds is 0. The van der Waals surface area contributed by atoms with E-state index in [4.69, 9.17) is 8.37 Å². The normalized spacial score (nSPS) is 62.2. The predicted octanol–water partition coefficient (Wildman–Crippen LogP) is 3.14. The Balaban J connectivity index is 1.49. The molecule has 1 N–H and O–H groups in total. The van der Waals surface area contributed by atoms with Crippen molar-refractivity contribution in [3.8, 4) is 0 Å². The van der Waals surface area contributed by atoms with Crippen LogP contribution in [-0.2, 0) is 19.7 Å². The van der Waals surface area contributed by atoms with Gasteiger partial charge in [0.2, 0.25) is 0 Å². The maximum atomic E-state index is 12.1. The molecule has 0 amide bonds. The first-order chi connectivity index (χ1) is 12.0. The molecule has 0 aromatic heterocycles. The van der Waals surface area contributed by atoms with Crippen LogP contribution in [0.25, 0.3) is 0 Å². The van der Waals surface area contributed by atoms with Gasteiger partial charge in [0.1, 0.15) is 0 Å². The maximum absolute atomic E-state index is 12.1. The second-order valence-electron chi connectivity index (χ2n) is 10.0. The Morgan fingerprint density at radius 3 is 2.56 bits per heavy atom. The third-order valence-corrected chi connectivity index (χ3v) is 10.2. The fourth-order valence-electron chi connectivity index (χ4n) is 8.38. The SMILES string of the molecule is C=C1CC23CCC1CC2C12CCC4CC4(COS(=O)OC1)C2CC3O. The zero-order chi connectivity index (χ0) is 17.0. The third kappa shape index (κ3) is 1.77. The Labute approximate surface area is 152 Å². The molecule has 6 saturated carbocycles. The molecule has 5 heteroatoms. The molecule has 1 heterocycles. The molecule has 2 spiro atoms. The number of allylic oxidation sites excluding steroid dienone is 1. The van der Waals surface area contributed by atoms with Crippen LogP contribution in [0, 0.1) is 39.9 Å². The van der Waals surface area contributed by atoms with E-state index in [0.29, 0.717) is 36.9 Å². The molecule has 1 aliphatic heterocycles. The van der Waals surface area contributed by atoms with Crippen LogP contribution in [-0.4, -0.2) is 28.6 Å². The first kappa shape index (κ1) is 15.8. The lowest BCUT2D eigenvalue weighted by Crippen LogP contribution is -2.66. The topological polar surface area (TPSA) is 55.8 Å². The van der Waals surface area contributed by atoms with Crippen molar-refractivity contribution in [3.05, 3.63) is 12.2 Å². The summed E-state index contributed by atoms with van der Waals surface area (Å²) in [6.45, 7) is 5.46. The molecule has 7 fully saturated rings. The molecular weight excluding hydrogens is 336 g/mol. The standard InChI is InChI=1S/C20H28O4S/c1-12-8-18-4-2-13(12)6-15(18)19-5-3-14-9-20(14,16(19)7-17(18)21)11-24-25(22)23-10-19/h13-17,21H,1-11H2. The highest BCUT2D eigenvalue weighted by molar-refractivity contribution is 7.75. The molecule has 9 atom stereocenters. The van der Waals surface area contributed by atoms with Crippen LogP contribution in [0.1, 0.15) is 51.4 Å². The van der Waals surface area contributed by atoms with Crippen molar-refractivity contribution in [1.29, 1.82) is 0 Å². The van der Waals surface area contributed by atoms with Crippen LogP contribution in [0.15, 0.2) is 12.2 Å². The van der Waals surface area contributed by atoms with Crippen molar-refractivity contribution in [2.45, 2.75) is 57.5 Å². The van der Waals surface area contributed by atoms with Gasteiger partial charge >= 0.3 is 11.4 Å². The largest absolute Gasteiger partial charge is 0.393 e. The fourth-order valence-corrected chi connectivity index (χ4v) is 9.08. The second-order valence-corrected chi connectivity index (χ2v) is 10.9. The first-order valence-corrected chi connectivity index (χ1v) is 11.0. The quantitative estimate of drug-likeness (QED) is 0.671. The minimum absolute atomic E-state index is 0.00381. The highest BCUT2D eigenvalue weighted by atomic mass is 32.2. The summed E-state index contributed by atoms with van der Waals surface area (Å²) in [4.78, 5) is 0. The molecule has 0 aromatic carbocycles. The van der Waals surface area contributed by atoms with Crippen LogP contribution >= 0.6 is 0 Å². The summed E-state index contributed by atoms with van der Waals surface area (Å²) >= 11 is -1.61. The summed E-state index contributed by atoms with van der Waals surface area (Å²) < 4.78 is 23.5. The van der Waals surface area contributed by atoms with Gasteiger partial charge < -0.3 is 5.11 Å². The smallest absolute Gasteiger partial charge is 0.304 e. The Morgan fingerprint density at radius 2 is 1.76 bits per heavy atom. The van der Waals surface area contributed by atoms with Crippen LogP contribution in [0.4, 0.5) is 0 Å². The molecule has 0 radical (unpaired) electrons. The van der Waals surface area contributed by atoms with Crippen molar-refractivity contribution < 1.29 is 17.7 Å². The summed E-state index contributed by atoms with van der Waals surface area (Å²) in [5, 5.41) is 11.4. The van der Waals surface area contributed by atoms with Gasteiger partial charge in [-0.25, -0.2) is 0 Å². The predicted molar refractivity (Wildman–Crippen MR) is 93.4 cm³/mol. The zero-order valence-corrected chi connectivity index (χ0v) is 15.6. The third-order valence-electron chi connectivity index (χ3n) is 9.60. The molecule has 7 rings (SSSR count). The van der Waals surface area contributed by atoms with E-state index in [9.17, 15) is 9.32 Å². The lowest BCUT2D eigenvalue weighted by Gasteiger charge is -2.68. The van der Waals surface area contributed by atoms with Crippen molar-refractivity contribution in [2.24, 2.45) is 39.9 Å². The molecule has 1 saturated heterocycles. The van der Waals surface area contributed by atoms with Gasteiger partial charge in [-0.1, -0.05) is 12.2 Å². The van der Waals surface area contributed by atoms with Gasteiger partial charge in [-0.05, 0) is 75.0 Å². The average molecular weight is 365 g/mol. The minimum atomic E-state index is -1.61. The molecule has 6 aliphatic carbocycles. The van der Waals surface area contributed by atoms with E-state index in [1.165, 1.54) is 31.3 Å². The lowest BCUT2D eigenvalue weighted by molar-refractivity contribution is -0.229. The van der Waals surface area contributed by atoms with Crippen molar-refractivity contribution in [1.82, 2.24) is 0 Å². The molecule has 9 unspecified atom stereocenters. The van der Waals surface area contributed by atoms with E-state index in [0.717, 1.165) is 25.7 Å². The summed E-state index contributed by atoms with van der Waals surface area (Å²) in [6, 6.07) is 0. The lowest BCUT2D eigenvalue weighted by atomic mass is 9.37. The van der Waals surface area contributed by atoms with Gasteiger partial charge in [-0.15, -0.1) is 0 Å². The summed E-state index contributed by atoms with van der Waals surface area (Å²) in [7, 11) is 0. The average Bonchev–Trinajstić information content (AvgIpc) is 3.34. The van der Waals surface area contributed by atoms with Crippen molar-refractivity contribution >= 4 is 11.4 Å². The number of aliphatic hydroxyl groups is 1. The summed E-state index contributed by atoms with van der Waals surface area (Å²) in [6.07, 6.45) is 8.75. The number of aliphatic hydroxyl groups excluding tert-OH is 1. The molecule has 138 valence electrons.